The van der Waals surface area contributed by atoms with Gasteiger partial charge in [-0.25, -0.2) is 4.98 Å². The van der Waals surface area contributed by atoms with Crippen molar-refractivity contribution in [3.8, 4) is 0 Å². The number of hydrogen-bond acceptors (Lipinski definition) is 3. The van der Waals surface area contributed by atoms with Gasteiger partial charge in [0.15, 0.2) is 0 Å². The van der Waals surface area contributed by atoms with Crippen LogP contribution < -0.4 is 5.73 Å². The number of anilines is 1. The van der Waals surface area contributed by atoms with Crippen LogP contribution in [-0.2, 0) is 19.6 Å². The number of fused-ring (bicyclic) bond motifs is 1. The molecule has 0 spiro atoms. The number of aromatic nitrogens is 2. The van der Waals surface area contributed by atoms with Gasteiger partial charge in [0.2, 0.25) is 0 Å². The first kappa shape index (κ1) is 10.4. The van der Waals surface area contributed by atoms with Gasteiger partial charge in [-0.1, -0.05) is 18.2 Å². The Kier molecular flexibility index (Phi) is 2.57. The summed E-state index contributed by atoms with van der Waals surface area (Å²) in [6.45, 7) is 3.88. The number of hydrogen-bond donors (Lipinski definition) is 1. The minimum Gasteiger partial charge on any atom is -0.398 e. The largest absolute Gasteiger partial charge is 0.398 e. The SMILES string of the molecule is Nc1ccccc1CN1CCn2ccnc2C1. The second kappa shape index (κ2) is 4.22. The van der Waals surface area contributed by atoms with Crippen molar-refractivity contribution in [1.82, 2.24) is 14.5 Å². The number of para-hydroxylation sites is 1. The minimum atomic E-state index is 0.876. The molecule has 3 rings (SSSR count). The van der Waals surface area contributed by atoms with E-state index in [4.69, 9.17) is 5.73 Å². The molecule has 1 aliphatic rings. The van der Waals surface area contributed by atoms with E-state index in [0.29, 0.717) is 0 Å². The van der Waals surface area contributed by atoms with Crippen LogP contribution in [0.25, 0.3) is 0 Å². The summed E-state index contributed by atoms with van der Waals surface area (Å²) in [6.07, 6.45) is 3.92. The first-order chi connectivity index (χ1) is 8.33. The predicted octanol–water partition coefficient (Wildman–Crippen LogP) is 1.48. The van der Waals surface area contributed by atoms with Crippen molar-refractivity contribution in [2.24, 2.45) is 0 Å². The Morgan fingerprint density at radius 2 is 2.12 bits per heavy atom. The molecule has 2 aromatic rings. The minimum absolute atomic E-state index is 0.876. The molecule has 0 saturated carbocycles. The molecule has 0 bridgehead atoms. The lowest BCUT2D eigenvalue weighted by Gasteiger charge is -2.27. The van der Waals surface area contributed by atoms with Crippen LogP contribution in [0.2, 0.25) is 0 Å². The topological polar surface area (TPSA) is 47.1 Å². The highest BCUT2D eigenvalue weighted by atomic mass is 15.2. The van der Waals surface area contributed by atoms with E-state index in [9.17, 15) is 0 Å². The Hall–Kier alpha value is -1.81. The van der Waals surface area contributed by atoms with Crippen LogP contribution in [-0.4, -0.2) is 21.0 Å². The van der Waals surface area contributed by atoms with E-state index in [2.05, 4.69) is 20.5 Å². The van der Waals surface area contributed by atoms with Crippen LogP contribution >= 0.6 is 0 Å². The van der Waals surface area contributed by atoms with Crippen LogP contribution in [0.4, 0.5) is 5.69 Å². The highest BCUT2D eigenvalue weighted by molar-refractivity contribution is 5.46. The Labute approximate surface area is 101 Å². The zero-order valence-corrected chi connectivity index (χ0v) is 9.71. The van der Waals surface area contributed by atoms with Gasteiger partial charge in [-0.2, -0.15) is 0 Å². The number of rotatable bonds is 2. The van der Waals surface area contributed by atoms with E-state index in [1.165, 1.54) is 5.56 Å². The first-order valence-corrected chi connectivity index (χ1v) is 5.88. The van der Waals surface area contributed by atoms with E-state index >= 15 is 0 Å². The summed E-state index contributed by atoms with van der Waals surface area (Å²) >= 11 is 0. The third-order valence-corrected chi connectivity index (χ3v) is 3.27. The summed E-state index contributed by atoms with van der Waals surface area (Å²) in [6, 6.07) is 8.06. The van der Waals surface area contributed by atoms with Crippen LogP contribution in [0.1, 0.15) is 11.4 Å². The summed E-state index contributed by atoms with van der Waals surface area (Å²) in [4.78, 5) is 6.74. The lowest BCUT2D eigenvalue weighted by atomic mass is 10.1. The monoisotopic (exact) mass is 228 g/mol. The fourth-order valence-electron chi connectivity index (χ4n) is 2.28. The number of nitrogen functional groups attached to an aromatic ring is 1. The maximum Gasteiger partial charge on any atom is 0.122 e. The van der Waals surface area contributed by atoms with Crippen LogP contribution in [0.15, 0.2) is 36.7 Å². The van der Waals surface area contributed by atoms with Gasteiger partial charge in [0, 0.05) is 37.7 Å². The normalized spacial score (nSPS) is 15.8. The smallest absolute Gasteiger partial charge is 0.122 e. The molecule has 0 fully saturated rings. The molecule has 1 aliphatic heterocycles. The summed E-state index contributed by atoms with van der Waals surface area (Å²) in [5, 5.41) is 0. The van der Waals surface area contributed by atoms with Crippen molar-refractivity contribution in [2.75, 3.05) is 12.3 Å². The number of nitrogens with two attached hydrogens (primary N) is 1. The van der Waals surface area contributed by atoms with Gasteiger partial charge in [-0.15, -0.1) is 0 Å². The van der Waals surface area contributed by atoms with Gasteiger partial charge in [0.1, 0.15) is 5.82 Å². The molecule has 17 heavy (non-hydrogen) atoms. The summed E-state index contributed by atoms with van der Waals surface area (Å²) < 4.78 is 2.21. The third kappa shape index (κ3) is 2.03. The Morgan fingerprint density at radius 1 is 1.24 bits per heavy atom. The molecule has 4 heteroatoms. The molecule has 0 radical (unpaired) electrons. The van der Waals surface area contributed by atoms with Gasteiger partial charge in [0.25, 0.3) is 0 Å². The van der Waals surface area contributed by atoms with Crippen molar-refractivity contribution in [3.63, 3.8) is 0 Å². The van der Waals surface area contributed by atoms with Crippen molar-refractivity contribution >= 4 is 5.69 Å². The van der Waals surface area contributed by atoms with Gasteiger partial charge in [0.05, 0.1) is 6.54 Å². The van der Waals surface area contributed by atoms with E-state index in [1.807, 2.05) is 30.6 Å². The van der Waals surface area contributed by atoms with Gasteiger partial charge < -0.3 is 10.3 Å². The summed E-state index contributed by atoms with van der Waals surface area (Å²) in [7, 11) is 0. The van der Waals surface area contributed by atoms with Crippen LogP contribution in [0.5, 0.6) is 0 Å². The maximum atomic E-state index is 5.96. The molecular formula is C13H16N4. The molecule has 0 amide bonds. The summed E-state index contributed by atoms with van der Waals surface area (Å²) in [5.74, 6) is 1.14. The van der Waals surface area contributed by atoms with Crippen molar-refractivity contribution in [3.05, 3.63) is 48.0 Å². The average molecular weight is 228 g/mol. The first-order valence-electron chi connectivity index (χ1n) is 5.88. The number of benzene rings is 1. The van der Waals surface area contributed by atoms with Crippen molar-refractivity contribution in [2.45, 2.75) is 19.6 Å². The second-order valence-corrected chi connectivity index (χ2v) is 4.45. The molecular weight excluding hydrogens is 212 g/mol. The number of nitrogens with zero attached hydrogens (tertiary/aromatic N) is 3. The van der Waals surface area contributed by atoms with Gasteiger partial charge >= 0.3 is 0 Å². The summed E-state index contributed by atoms with van der Waals surface area (Å²) in [5.41, 5.74) is 8.04. The lowest BCUT2D eigenvalue weighted by molar-refractivity contribution is 0.209. The standard InChI is InChI=1S/C13H16N4/c14-12-4-2-1-3-11(12)9-16-7-8-17-6-5-15-13(17)10-16/h1-6H,7-10,14H2. The Morgan fingerprint density at radius 3 is 3.00 bits per heavy atom. The molecule has 88 valence electrons. The molecule has 1 aromatic carbocycles. The fraction of sp³-hybridized carbons (Fsp3) is 0.308. The van der Waals surface area contributed by atoms with E-state index < -0.39 is 0 Å². The molecule has 1 aromatic heterocycles. The zero-order valence-electron chi connectivity index (χ0n) is 9.71. The molecule has 0 aliphatic carbocycles. The molecule has 4 nitrogen and oxygen atoms in total. The lowest BCUT2D eigenvalue weighted by Crippen LogP contribution is -2.33. The van der Waals surface area contributed by atoms with Crippen molar-refractivity contribution in [1.29, 1.82) is 0 Å². The van der Waals surface area contributed by atoms with Crippen LogP contribution in [0, 0.1) is 0 Å². The molecule has 2 heterocycles. The quantitative estimate of drug-likeness (QED) is 0.792. The number of imidazole rings is 1. The molecule has 0 unspecified atom stereocenters. The van der Waals surface area contributed by atoms with Crippen molar-refractivity contribution < 1.29 is 0 Å². The Balaban J connectivity index is 1.74. The van der Waals surface area contributed by atoms with Gasteiger partial charge in [-0.3, -0.25) is 4.90 Å². The predicted molar refractivity (Wildman–Crippen MR) is 67.2 cm³/mol. The van der Waals surface area contributed by atoms with E-state index in [0.717, 1.165) is 37.7 Å². The molecule has 0 saturated heterocycles. The molecule has 0 atom stereocenters. The van der Waals surface area contributed by atoms with Crippen LogP contribution in [0.3, 0.4) is 0 Å². The van der Waals surface area contributed by atoms with E-state index in [1.54, 1.807) is 0 Å². The Bertz CT molecular complexity index is 518. The van der Waals surface area contributed by atoms with Gasteiger partial charge in [-0.05, 0) is 11.6 Å². The average Bonchev–Trinajstić information content (AvgIpc) is 2.79. The third-order valence-electron chi connectivity index (χ3n) is 3.27. The fourth-order valence-corrected chi connectivity index (χ4v) is 2.28. The maximum absolute atomic E-state index is 5.96. The molecule has 2 N–H and O–H groups in total. The highest BCUT2D eigenvalue weighted by Gasteiger charge is 2.16. The highest BCUT2D eigenvalue weighted by Crippen LogP contribution is 2.17. The van der Waals surface area contributed by atoms with E-state index in [-0.39, 0.29) is 0 Å². The second-order valence-electron chi connectivity index (χ2n) is 4.45. The zero-order chi connectivity index (χ0) is 11.7.